The Bertz CT molecular complexity index is 661. The van der Waals surface area contributed by atoms with E-state index >= 15 is 0 Å². The molecule has 2 rings (SSSR count). The summed E-state index contributed by atoms with van der Waals surface area (Å²) in [6.07, 6.45) is 9.99. The summed E-state index contributed by atoms with van der Waals surface area (Å²) in [5.74, 6) is 6.23. The van der Waals surface area contributed by atoms with Crippen molar-refractivity contribution in [1.29, 1.82) is 0 Å². The Labute approximate surface area is 157 Å². The molecule has 1 aliphatic carbocycles. The molecule has 26 heavy (non-hydrogen) atoms. The predicted molar refractivity (Wildman–Crippen MR) is 105 cm³/mol. The van der Waals surface area contributed by atoms with Crippen LogP contribution in [0.3, 0.4) is 0 Å². The molecule has 0 saturated carbocycles. The molecule has 3 heteroatoms. The molecule has 2 atom stereocenters. The van der Waals surface area contributed by atoms with Crippen molar-refractivity contribution in [2.75, 3.05) is 6.61 Å². The zero-order valence-electron chi connectivity index (χ0n) is 16.0. The number of unbranched alkanes of at least 4 members (excludes halogenated alkanes) is 1. The van der Waals surface area contributed by atoms with Gasteiger partial charge in [0.05, 0.1) is 12.3 Å². The number of carboxylic acids is 1. The third-order valence-corrected chi connectivity index (χ3v) is 4.88. The lowest BCUT2D eigenvalue weighted by atomic mass is 9.87. The summed E-state index contributed by atoms with van der Waals surface area (Å²) in [4.78, 5) is 11.0. The largest absolute Gasteiger partial charge is 0.489 e. The second-order valence-corrected chi connectivity index (χ2v) is 7.02. The van der Waals surface area contributed by atoms with Gasteiger partial charge in [-0.1, -0.05) is 43.9 Å². The Morgan fingerprint density at radius 3 is 2.77 bits per heavy atom. The molecule has 1 aromatic carbocycles. The van der Waals surface area contributed by atoms with E-state index in [0.29, 0.717) is 12.5 Å². The Kier molecular flexibility index (Phi) is 8.28. The maximum Gasteiger partial charge on any atom is 0.304 e. The van der Waals surface area contributed by atoms with E-state index in [1.807, 2.05) is 24.3 Å². The Balaban J connectivity index is 1.93. The van der Waals surface area contributed by atoms with Gasteiger partial charge in [-0.3, -0.25) is 4.79 Å². The van der Waals surface area contributed by atoms with Crippen LogP contribution in [-0.4, -0.2) is 17.7 Å². The lowest BCUT2D eigenvalue weighted by Gasteiger charge is -2.21. The van der Waals surface area contributed by atoms with Gasteiger partial charge >= 0.3 is 5.97 Å². The number of hydrogen-bond donors (Lipinski definition) is 1. The van der Waals surface area contributed by atoms with Crippen LogP contribution in [0.15, 0.2) is 35.9 Å². The van der Waals surface area contributed by atoms with Crippen LogP contribution in [0.2, 0.25) is 0 Å². The van der Waals surface area contributed by atoms with Crippen molar-refractivity contribution in [1.82, 2.24) is 0 Å². The first-order valence-electron chi connectivity index (χ1n) is 9.68. The van der Waals surface area contributed by atoms with E-state index in [4.69, 9.17) is 9.84 Å². The summed E-state index contributed by atoms with van der Waals surface area (Å²) in [5.41, 5.74) is 2.33. The highest BCUT2D eigenvalue weighted by Gasteiger charge is 2.15. The molecular weight excluding hydrogens is 324 g/mol. The van der Waals surface area contributed by atoms with E-state index in [-0.39, 0.29) is 12.3 Å². The van der Waals surface area contributed by atoms with E-state index in [0.717, 1.165) is 17.7 Å². The summed E-state index contributed by atoms with van der Waals surface area (Å²) in [7, 11) is 0. The maximum absolute atomic E-state index is 11.0. The summed E-state index contributed by atoms with van der Waals surface area (Å²) in [6, 6.07) is 7.68. The van der Waals surface area contributed by atoms with Gasteiger partial charge in [0.1, 0.15) is 12.4 Å². The van der Waals surface area contributed by atoms with Gasteiger partial charge in [0.15, 0.2) is 0 Å². The highest BCUT2D eigenvalue weighted by Crippen LogP contribution is 2.28. The number of hydrogen-bond acceptors (Lipinski definition) is 2. The smallest absolute Gasteiger partial charge is 0.304 e. The van der Waals surface area contributed by atoms with Crippen LogP contribution in [0, 0.1) is 17.8 Å². The Morgan fingerprint density at radius 1 is 1.35 bits per heavy atom. The molecule has 0 heterocycles. The van der Waals surface area contributed by atoms with Crippen molar-refractivity contribution in [3.8, 4) is 17.6 Å². The average molecular weight is 354 g/mol. The first kappa shape index (κ1) is 20.1. The third-order valence-electron chi connectivity index (χ3n) is 4.88. The monoisotopic (exact) mass is 354 g/mol. The molecule has 3 nitrogen and oxygen atoms in total. The highest BCUT2D eigenvalue weighted by molar-refractivity contribution is 5.69. The zero-order chi connectivity index (χ0) is 18.8. The molecule has 1 unspecified atom stereocenters. The lowest BCUT2D eigenvalue weighted by Crippen LogP contribution is -2.10. The number of ether oxygens (including phenoxy) is 1. The fraction of sp³-hybridized carbons (Fsp3) is 0.522. The minimum atomic E-state index is -0.833. The first-order valence-corrected chi connectivity index (χ1v) is 9.68. The number of benzene rings is 1. The second kappa shape index (κ2) is 10.7. The van der Waals surface area contributed by atoms with Gasteiger partial charge < -0.3 is 9.84 Å². The molecule has 0 bridgehead atoms. The number of allylic oxidation sites excluding steroid dienone is 1. The van der Waals surface area contributed by atoms with Crippen LogP contribution in [0.1, 0.15) is 70.3 Å². The molecule has 0 radical (unpaired) electrons. The van der Waals surface area contributed by atoms with Crippen molar-refractivity contribution in [3.05, 3.63) is 41.5 Å². The minimum absolute atomic E-state index is 0.0209. The predicted octanol–water partition coefficient (Wildman–Crippen LogP) is 5.56. The van der Waals surface area contributed by atoms with E-state index < -0.39 is 5.97 Å². The molecule has 0 amide bonds. The summed E-state index contributed by atoms with van der Waals surface area (Å²) in [5, 5.41) is 9.03. The van der Waals surface area contributed by atoms with Gasteiger partial charge in [0.2, 0.25) is 0 Å². The molecule has 0 fully saturated rings. The van der Waals surface area contributed by atoms with Crippen LogP contribution in [0.25, 0.3) is 0 Å². The van der Waals surface area contributed by atoms with E-state index in [9.17, 15) is 4.79 Å². The number of aliphatic carboxylic acids is 1. The summed E-state index contributed by atoms with van der Waals surface area (Å²) >= 11 is 0. The van der Waals surface area contributed by atoms with Crippen LogP contribution in [-0.2, 0) is 4.79 Å². The highest BCUT2D eigenvalue weighted by atomic mass is 16.5. The van der Waals surface area contributed by atoms with Gasteiger partial charge in [-0.25, -0.2) is 0 Å². The van der Waals surface area contributed by atoms with Crippen molar-refractivity contribution < 1.29 is 14.6 Å². The zero-order valence-corrected chi connectivity index (χ0v) is 16.0. The second-order valence-electron chi connectivity index (χ2n) is 7.02. The number of carboxylic acid groups (broad SMARTS) is 1. The van der Waals surface area contributed by atoms with E-state index in [1.165, 1.54) is 37.7 Å². The molecule has 0 aliphatic heterocycles. The molecule has 1 aromatic rings. The normalized spacial score (nSPS) is 17.6. The average Bonchev–Trinajstić information content (AvgIpc) is 2.65. The molecule has 0 saturated heterocycles. The Hall–Kier alpha value is -2.21. The first-order chi connectivity index (χ1) is 12.6. The Morgan fingerprint density at radius 2 is 2.12 bits per heavy atom. The van der Waals surface area contributed by atoms with Gasteiger partial charge in [-0.05, 0) is 61.8 Å². The van der Waals surface area contributed by atoms with E-state index in [2.05, 4.69) is 24.8 Å². The standard InChI is InChI=1S/C23H30O3/c1-3-5-8-18-9-6-10-19(15-18)17-26-22-13-11-20(12-14-22)21(7-4-2)16-23(24)25/h11-15,18,21H,3,5-6,8-10,16-17H2,1-2H3,(H,24,25)/t18?,21-/m0/s1. The fourth-order valence-corrected chi connectivity index (χ4v) is 3.48. The van der Waals surface area contributed by atoms with Crippen molar-refractivity contribution >= 4 is 5.97 Å². The quantitative estimate of drug-likeness (QED) is 0.466. The van der Waals surface area contributed by atoms with Gasteiger partial charge in [0, 0.05) is 0 Å². The van der Waals surface area contributed by atoms with Gasteiger partial charge in [-0.2, -0.15) is 0 Å². The molecule has 0 aromatic heterocycles. The molecule has 1 aliphatic rings. The van der Waals surface area contributed by atoms with Crippen LogP contribution in [0.4, 0.5) is 0 Å². The summed E-state index contributed by atoms with van der Waals surface area (Å²) < 4.78 is 5.95. The topological polar surface area (TPSA) is 46.5 Å². The van der Waals surface area contributed by atoms with Gasteiger partial charge in [0.25, 0.3) is 0 Å². The molecule has 140 valence electrons. The summed E-state index contributed by atoms with van der Waals surface area (Å²) in [6.45, 7) is 4.63. The fourth-order valence-electron chi connectivity index (χ4n) is 3.48. The van der Waals surface area contributed by atoms with Crippen LogP contribution < -0.4 is 4.74 Å². The van der Waals surface area contributed by atoms with Crippen molar-refractivity contribution in [2.24, 2.45) is 5.92 Å². The molecular formula is C23H30O3. The lowest BCUT2D eigenvalue weighted by molar-refractivity contribution is -0.137. The van der Waals surface area contributed by atoms with E-state index in [1.54, 1.807) is 6.92 Å². The third kappa shape index (κ3) is 6.59. The number of carbonyl (C=O) groups is 1. The number of rotatable bonds is 9. The van der Waals surface area contributed by atoms with Crippen LogP contribution in [0.5, 0.6) is 5.75 Å². The van der Waals surface area contributed by atoms with Crippen molar-refractivity contribution in [2.45, 2.75) is 64.7 Å². The van der Waals surface area contributed by atoms with Crippen molar-refractivity contribution in [3.63, 3.8) is 0 Å². The molecule has 1 N–H and O–H groups in total. The minimum Gasteiger partial charge on any atom is -0.489 e. The van der Waals surface area contributed by atoms with Crippen LogP contribution >= 0.6 is 0 Å². The SMILES string of the molecule is CC#C[C@@H](CC(=O)O)c1ccc(OCC2=CC(CCCC)CCC2)cc1. The van der Waals surface area contributed by atoms with Gasteiger partial charge in [-0.15, -0.1) is 5.92 Å². The molecule has 0 spiro atoms. The maximum atomic E-state index is 11.0.